The lowest BCUT2D eigenvalue weighted by Gasteiger charge is -2.21. The molecule has 0 aromatic rings. The predicted molar refractivity (Wildman–Crippen MR) is 55.2 cm³/mol. The Kier molecular flexibility index (Phi) is 5.42. The highest BCUT2D eigenvalue weighted by atomic mass is 16.4. The first-order chi connectivity index (χ1) is 6.37. The van der Waals surface area contributed by atoms with Crippen molar-refractivity contribution in [1.82, 2.24) is 5.32 Å². The van der Waals surface area contributed by atoms with Crippen molar-refractivity contribution in [3.8, 4) is 0 Å². The molecule has 0 aliphatic rings. The highest BCUT2D eigenvalue weighted by Crippen LogP contribution is 2.05. The molecule has 0 aromatic heterocycles. The van der Waals surface area contributed by atoms with Crippen LogP contribution >= 0.6 is 0 Å². The molecule has 0 bridgehead atoms. The largest absolute Gasteiger partial charge is 0.478 e. The molecule has 0 spiro atoms. The van der Waals surface area contributed by atoms with Crippen LogP contribution in [-0.4, -0.2) is 34.9 Å². The lowest BCUT2D eigenvalue weighted by molar-refractivity contribution is -0.131. The monoisotopic (exact) mass is 201 g/mol. The zero-order valence-corrected chi connectivity index (χ0v) is 9.00. The molecule has 0 saturated heterocycles. The highest BCUT2D eigenvalue weighted by Gasteiger charge is 2.15. The van der Waals surface area contributed by atoms with Gasteiger partial charge in [-0.15, -0.1) is 0 Å². The summed E-state index contributed by atoms with van der Waals surface area (Å²) in [6, 6.07) is 0. The van der Waals surface area contributed by atoms with Crippen LogP contribution in [0.15, 0.2) is 11.6 Å². The molecule has 3 N–H and O–H groups in total. The maximum Gasteiger partial charge on any atom is 0.328 e. The number of carbonyl (C=O) groups is 1. The molecule has 0 aromatic carbocycles. The molecule has 4 nitrogen and oxygen atoms in total. The average molecular weight is 201 g/mol. The number of carboxylic acid groups (broad SMARTS) is 1. The van der Waals surface area contributed by atoms with E-state index in [4.69, 9.17) is 5.11 Å². The number of nitrogens with one attached hydrogen (secondary N) is 1. The second-order valence-electron chi connectivity index (χ2n) is 3.78. The van der Waals surface area contributed by atoms with Gasteiger partial charge in [0.1, 0.15) is 0 Å². The fourth-order valence-corrected chi connectivity index (χ4v) is 0.916. The third-order valence-corrected chi connectivity index (χ3v) is 2.04. The van der Waals surface area contributed by atoms with E-state index in [0.717, 1.165) is 11.6 Å². The molecule has 1 atom stereocenters. The summed E-state index contributed by atoms with van der Waals surface area (Å²) in [4.78, 5) is 10.3. The minimum absolute atomic E-state index is 0.467. The van der Waals surface area contributed by atoms with Gasteiger partial charge in [0.15, 0.2) is 0 Å². The Labute approximate surface area is 84.6 Å². The summed E-state index contributed by atoms with van der Waals surface area (Å²) < 4.78 is 0. The van der Waals surface area contributed by atoms with E-state index in [-0.39, 0.29) is 0 Å². The zero-order chi connectivity index (χ0) is 11.2. The zero-order valence-electron chi connectivity index (χ0n) is 9.00. The molecular weight excluding hydrogens is 182 g/mol. The smallest absolute Gasteiger partial charge is 0.328 e. The quantitative estimate of drug-likeness (QED) is 0.555. The van der Waals surface area contributed by atoms with Gasteiger partial charge in [-0.3, -0.25) is 0 Å². The molecule has 0 heterocycles. The fraction of sp³-hybridized carbons (Fsp3) is 0.700. The van der Waals surface area contributed by atoms with Gasteiger partial charge in [-0.1, -0.05) is 12.5 Å². The maximum absolute atomic E-state index is 10.3. The van der Waals surface area contributed by atoms with Gasteiger partial charge >= 0.3 is 5.97 Å². The van der Waals surface area contributed by atoms with E-state index in [0.29, 0.717) is 19.5 Å². The van der Waals surface area contributed by atoms with Crippen molar-refractivity contribution >= 4 is 5.97 Å². The molecular formula is C10H19NO3. The topological polar surface area (TPSA) is 69.6 Å². The number of hydrogen-bond donors (Lipinski definition) is 3. The van der Waals surface area contributed by atoms with Gasteiger partial charge in [0.05, 0.1) is 5.60 Å². The molecule has 4 heteroatoms. The Bertz CT molecular complexity index is 221. The van der Waals surface area contributed by atoms with E-state index in [1.165, 1.54) is 0 Å². The number of aliphatic carboxylic acids is 1. The van der Waals surface area contributed by atoms with E-state index in [1.807, 2.05) is 6.92 Å². The molecule has 0 amide bonds. The van der Waals surface area contributed by atoms with Crippen LogP contribution in [0.25, 0.3) is 0 Å². The number of aliphatic hydroxyl groups is 1. The first-order valence-corrected chi connectivity index (χ1v) is 4.70. The fourth-order valence-electron chi connectivity index (χ4n) is 0.916. The van der Waals surface area contributed by atoms with Crippen LogP contribution in [0.4, 0.5) is 0 Å². The summed E-state index contributed by atoms with van der Waals surface area (Å²) in [6.45, 7) is 6.34. The summed E-state index contributed by atoms with van der Waals surface area (Å²) in [7, 11) is 0. The third-order valence-electron chi connectivity index (χ3n) is 2.04. The molecule has 0 aliphatic heterocycles. The highest BCUT2D eigenvalue weighted by molar-refractivity contribution is 5.80. The number of hydrogen-bond acceptors (Lipinski definition) is 3. The van der Waals surface area contributed by atoms with Crippen LogP contribution in [-0.2, 0) is 4.79 Å². The molecule has 1 unspecified atom stereocenters. The van der Waals surface area contributed by atoms with E-state index in [9.17, 15) is 9.90 Å². The summed E-state index contributed by atoms with van der Waals surface area (Å²) >= 11 is 0. The van der Waals surface area contributed by atoms with Crippen molar-refractivity contribution in [3.05, 3.63) is 11.6 Å². The standard InChI is InChI=1S/C10H19NO3/c1-4-10(3,14)7-11-6-8(2)5-9(12)13/h5,11,14H,4,6-7H2,1-3H3,(H,12,13). The molecule has 0 radical (unpaired) electrons. The SMILES string of the molecule is CCC(C)(O)CNCC(C)=CC(=O)O. The predicted octanol–water partition coefficient (Wildman–Crippen LogP) is 0.768. The van der Waals surface area contributed by atoms with Crippen molar-refractivity contribution in [2.75, 3.05) is 13.1 Å². The van der Waals surface area contributed by atoms with Crippen molar-refractivity contribution in [3.63, 3.8) is 0 Å². The number of rotatable bonds is 6. The summed E-state index contributed by atoms with van der Waals surface area (Å²) in [5, 5.41) is 21.1. The molecule has 0 fully saturated rings. The van der Waals surface area contributed by atoms with Gasteiger partial charge in [0, 0.05) is 19.2 Å². The van der Waals surface area contributed by atoms with E-state index in [2.05, 4.69) is 5.32 Å². The van der Waals surface area contributed by atoms with Gasteiger partial charge in [0.25, 0.3) is 0 Å². The lowest BCUT2D eigenvalue weighted by Crippen LogP contribution is -2.37. The Morgan fingerprint density at radius 3 is 2.57 bits per heavy atom. The van der Waals surface area contributed by atoms with Crippen LogP contribution in [0.5, 0.6) is 0 Å². The van der Waals surface area contributed by atoms with Crippen LogP contribution in [0.1, 0.15) is 27.2 Å². The van der Waals surface area contributed by atoms with Gasteiger partial charge in [-0.25, -0.2) is 4.79 Å². The van der Waals surface area contributed by atoms with Crippen molar-refractivity contribution in [1.29, 1.82) is 0 Å². The van der Waals surface area contributed by atoms with Gasteiger partial charge in [-0.05, 0) is 20.3 Å². The second-order valence-corrected chi connectivity index (χ2v) is 3.78. The second kappa shape index (κ2) is 5.78. The Balaban J connectivity index is 3.80. The lowest BCUT2D eigenvalue weighted by atomic mass is 10.0. The van der Waals surface area contributed by atoms with Crippen molar-refractivity contribution in [2.24, 2.45) is 0 Å². The third kappa shape index (κ3) is 6.62. The normalized spacial score (nSPS) is 16.4. The molecule has 0 rings (SSSR count). The van der Waals surface area contributed by atoms with Gasteiger partial charge < -0.3 is 15.5 Å². The maximum atomic E-state index is 10.3. The van der Waals surface area contributed by atoms with Gasteiger partial charge in [-0.2, -0.15) is 0 Å². The van der Waals surface area contributed by atoms with E-state index in [1.54, 1.807) is 13.8 Å². The van der Waals surface area contributed by atoms with Crippen LogP contribution in [0, 0.1) is 0 Å². The minimum Gasteiger partial charge on any atom is -0.478 e. The molecule has 14 heavy (non-hydrogen) atoms. The Hall–Kier alpha value is -0.870. The molecule has 82 valence electrons. The number of carboxylic acids is 1. The minimum atomic E-state index is -0.938. The van der Waals surface area contributed by atoms with E-state index < -0.39 is 11.6 Å². The van der Waals surface area contributed by atoms with Crippen LogP contribution in [0.3, 0.4) is 0 Å². The van der Waals surface area contributed by atoms with E-state index >= 15 is 0 Å². The van der Waals surface area contributed by atoms with Crippen molar-refractivity contribution in [2.45, 2.75) is 32.8 Å². The first-order valence-electron chi connectivity index (χ1n) is 4.70. The van der Waals surface area contributed by atoms with Crippen molar-refractivity contribution < 1.29 is 15.0 Å². The van der Waals surface area contributed by atoms with Gasteiger partial charge in [0.2, 0.25) is 0 Å². The summed E-state index contributed by atoms with van der Waals surface area (Å²) in [5.41, 5.74) is 0.0214. The van der Waals surface area contributed by atoms with Crippen LogP contribution in [0.2, 0.25) is 0 Å². The first kappa shape index (κ1) is 13.1. The van der Waals surface area contributed by atoms with Crippen LogP contribution < -0.4 is 5.32 Å². The average Bonchev–Trinajstić information content (AvgIpc) is 2.02. The summed E-state index contributed by atoms with van der Waals surface area (Å²) in [6.07, 6.45) is 1.83. The molecule has 0 aliphatic carbocycles. The Morgan fingerprint density at radius 1 is 1.57 bits per heavy atom. The molecule has 0 saturated carbocycles. The summed E-state index contributed by atoms with van der Waals surface area (Å²) in [5.74, 6) is -0.938. The Morgan fingerprint density at radius 2 is 2.14 bits per heavy atom.